The van der Waals surface area contributed by atoms with Crippen LogP contribution < -0.4 is 5.56 Å². The van der Waals surface area contributed by atoms with Crippen molar-refractivity contribution < 1.29 is 0 Å². The number of nitrogens with zero attached hydrogens (tertiary/aromatic N) is 4. The molecule has 0 N–H and O–H groups in total. The van der Waals surface area contributed by atoms with E-state index < -0.39 is 0 Å². The zero-order valence-corrected chi connectivity index (χ0v) is 17.1. The van der Waals surface area contributed by atoms with Crippen LogP contribution in [0.25, 0.3) is 11.1 Å². The van der Waals surface area contributed by atoms with Crippen LogP contribution in [0.15, 0.2) is 41.2 Å². The highest BCUT2D eigenvalue weighted by molar-refractivity contribution is 5.64. The van der Waals surface area contributed by atoms with Crippen molar-refractivity contribution in [2.24, 2.45) is 5.92 Å². The predicted octanol–water partition coefficient (Wildman–Crippen LogP) is 2.90. The fourth-order valence-corrected chi connectivity index (χ4v) is 5.62. The van der Waals surface area contributed by atoms with Gasteiger partial charge in [-0.25, -0.2) is 0 Å². The molecule has 3 aliphatic heterocycles. The second kappa shape index (κ2) is 7.44. The van der Waals surface area contributed by atoms with Gasteiger partial charge >= 0.3 is 0 Å². The van der Waals surface area contributed by atoms with Crippen molar-refractivity contribution >= 4 is 0 Å². The lowest BCUT2D eigenvalue weighted by atomic mass is 9.81. The van der Waals surface area contributed by atoms with Crippen LogP contribution in [-0.4, -0.2) is 53.6 Å². The summed E-state index contributed by atoms with van der Waals surface area (Å²) in [5, 5.41) is 9.19. The molecule has 5 heteroatoms. The standard InChI is InChI=1S/C24H28N4O/c1-26-9-7-21(8-10-26)27-14-18-12-20(16-27)23-6-5-22(24(29)28(23)15-18)19-4-2-3-17(11-19)13-25/h2-6,11,18,20-21H,7-10,12,14-16H2,1H3. The number of nitriles is 1. The third kappa shape index (κ3) is 3.41. The van der Waals surface area contributed by atoms with Gasteiger partial charge in [-0.1, -0.05) is 12.1 Å². The maximum Gasteiger partial charge on any atom is 0.258 e. The van der Waals surface area contributed by atoms with Gasteiger partial charge in [0.25, 0.3) is 5.56 Å². The predicted molar refractivity (Wildman–Crippen MR) is 114 cm³/mol. The molecule has 1 aromatic heterocycles. The number of rotatable bonds is 2. The van der Waals surface area contributed by atoms with Gasteiger partial charge in [0.1, 0.15) is 0 Å². The number of hydrogen-bond donors (Lipinski definition) is 0. The first-order chi connectivity index (χ1) is 14.1. The second-order valence-electron chi connectivity index (χ2n) is 9.07. The normalized spacial score (nSPS) is 25.4. The molecule has 2 bridgehead atoms. The number of benzene rings is 1. The summed E-state index contributed by atoms with van der Waals surface area (Å²) >= 11 is 0. The average Bonchev–Trinajstić information content (AvgIpc) is 2.75. The summed E-state index contributed by atoms with van der Waals surface area (Å²) < 4.78 is 2.03. The molecule has 2 saturated heterocycles. The minimum absolute atomic E-state index is 0.0973. The number of fused-ring (bicyclic) bond motifs is 4. The van der Waals surface area contributed by atoms with Gasteiger partial charge in [-0.15, -0.1) is 0 Å². The molecule has 29 heavy (non-hydrogen) atoms. The van der Waals surface area contributed by atoms with E-state index in [0.29, 0.717) is 29.0 Å². The van der Waals surface area contributed by atoms with Crippen molar-refractivity contribution in [2.45, 2.75) is 37.8 Å². The zero-order valence-electron chi connectivity index (χ0n) is 17.1. The molecule has 3 aliphatic rings. The number of pyridine rings is 1. The molecule has 0 saturated carbocycles. The van der Waals surface area contributed by atoms with E-state index in [-0.39, 0.29) is 5.56 Å². The molecule has 5 nitrogen and oxygen atoms in total. The Labute approximate surface area is 172 Å². The molecule has 0 aliphatic carbocycles. The Kier molecular flexibility index (Phi) is 4.77. The van der Waals surface area contributed by atoms with Gasteiger partial charge in [0, 0.05) is 42.9 Å². The third-order valence-corrected chi connectivity index (χ3v) is 7.14. The van der Waals surface area contributed by atoms with E-state index in [1.165, 1.54) is 38.0 Å². The fourth-order valence-electron chi connectivity index (χ4n) is 5.62. The molecular formula is C24H28N4O. The summed E-state index contributed by atoms with van der Waals surface area (Å²) in [6, 6.07) is 14.4. The van der Waals surface area contributed by atoms with Crippen molar-refractivity contribution in [1.29, 1.82) is 5.26 Å². The molecule has 0 amide bonds. The van der Waals surface area contributed by atoms with Crippen LogP contribution in [0.4, 0.5) is 0 Å². The van der Waals surface area contributed by atoms with E-state index in [1.807, 2.05) is 28.8 Å². The van der Waals surface area contributed by atoms with Crippen LogP contribution in [0.2, 0.25) is 0 Å². The van der Waals surface area contributed by atoms with Crippen molar-refractivity contribution in [2.75, 3.05) is 33.2 Å². The van der Waals surface area contributed by atoms with Crippen LogP contribution in [0.3, 0.4) is 0 Å². The molecule has 2 fully saturated rings. The van der Waals surface area contributed by atoms with Crippen LogP contribution in [0.1, 0.15) is 36.4 Å². The first kappa shape index (κ1) is 18.6. The van der Waals surface area contributed by atoms with Gasteiger partial charge in [-0.05, 0) is 75.1 Å². The monoisotopic (exact) mass is 388 g/mol. The van der Waals surface area contributed by atoms with Crippen LogP contribution in [0.5, 0.6) is 0 Å². The summed E-state index contributed by atoms with van der Waals surface area (Å²) in [5.74, 6) is 1.01. The smallest absolute Gasteiger partial charge is 0.258 e. The van der Waals surface area contributed by atoms with Crippen LogP contribution >= 0.6 is 0 Å². The highest BCUT2D eigenvalue weighted by Gasteiger charge is 2.37. The Hall–Kier alpha value is -2.42. The third-order valence-electron chi connectivity index (χ3n) is 7.14. The van der Waals surface area contributed by atoms with Gasteiger partial charge in [-0.3, -0.25) is 9.69 Å². The van der Waals surface area contributed by atoms with Crippen molar-refractivity contribution in [3.8, 4) is 17.2 Å². The van der Waals surface area contributed by atoms with E-state index in [1.54, 1.807) is 6.07 Å². The quantitative estimate of drug-likeness (QED) is 0.794. The molecule has 2 atom stereocenters. The van der Waals surface area contributed by atoms with Crippen molar-refractivity contribution in [3.63, 3.8) is 0 Å². The zero-order chi connectivity index (χ0) is 20.0. The fraction of sp³-hybridized carbons (Fsp3) is 0.500. The Morgan fingerprint density at radius 3 is 2.69 bits per heavy atom. The molecule has 2 aromatic rings. The van der Waals surface area contributed by atoms with Gasteiger partial charge < -0.3 is 9.47 Å². The summed E-state index contributed by atoms with van der Waals surface area (Å²) in [7, 11) is 2.22. The van der Waals surface area contributed by atoms with E-state index in [0.717, 1.165) is 25.2 Å². The Balaban J connectivity index is 1.44. The van der Waals surface area contributed by atoms with Gasteiger partial charge in [0.15, 0.2) is 0 Å². The van der Waals surface area contributed by atoms with Gasteiger partial charge in [-0.2, -0.15) is 5.26 Å². The number of likely N-dealkylation sites (tertiary alicyclic amines) is 2. The SMILES string of the molecule is CN1CCC(N2CC3CC(C2)c2ccc(-c4cccc(C#N)c4)c(=O)n2C3)CC1. The molecule has 1 aromatic carbocycles. The van der Waals surface area contributed by atoms with E-state index in [4.69, 9.17) is 0 Å². The first-order valence-electron chi connectivity index (χ1n) is 10.8. The lowest BCUT2D eigenvalue weighted by Gasteiger charge is -2.47. The summed E-state index contributed by atoms with van der Waals surface area (Å²) in [5.41, 5.74) is 3.44. The molecular weight excluding hydrogens is 360 g/mol. The maximum atomic E-state index is 13.3. The van der Waals surface area contributed by atoms with E-state index in [9.17, 15) is 10.1 Å². The van der Waals surface area contributed by atoms with Gasteiger partial charge in [0.05, 0.1) is 11.6 Å². The second-order valence-corrected chi connectivity index (χ2v) is 9.07. The molecule has 150 valence electrons. The lowest BCUT2D eigenvalue weighted by Crippen LogP contribution is -2.53. The number of aromatic nitrogens is 1. The molecule has 0 spiro atoms. The summed E-state index contributed by atoms with van der Waals surface area (Å²) in [4.78, 5) is 18.5. The average molecular weight is 389 g/mol. The molecule has 0 radical (unpaired) electrons. The van der Waals surface area contributed by atoms with Crippen molar-refractivity contribution in [1.82, 2.24) is 14.4 Å². The molecule has 2 unspecified atom stereocenters. The lowest BCUT2D eigenvalue weighted by molar-refractivity contribution is 0.0517. The van der Waals surface area contributed by atoms with Crippen molar-refractivity contribution in [3.05, 3.63) is 58.0 Å². The highest BCUT2D eigenvalue weighted by atomic mass is 16.1. The van der Waals surface area contributed by atoms with Crippen LogP contribution in [0, 0.1) is 17.2 Å². The Morgan fingerprint density at radius 1 is 1.07 bits per heavy atom. The minimum atomic E-state index is 0.0973. The summed E-state index contributed by atoms with van der Waals surface area (Å²) in [6.45, 7) is 5.40. The Bertz CT molecular complexity index is 1010. The first-order valence-corrected chi connectivity index (χ1v) is 10.8. The number of piperidine rings is 2. The van der Waals surface area contributed by atoms with E-state index >= 15 is 0 Å². The highest BCUT2D eigenvalue weighted by Crippen LogP contribution is 2.37. The van der Waals surface area contributed by atoms with Gasteiger partial charge in [0.2, 0.25) is 0 Å². The minimum Gasteiger partial charge on any atom is -0.311 e. The van der Waals surface area contributed by atoms with Crippen LogP contribution in [-0.2, 0) is 6.54 Å². The number of hydrogen-bond acceptors (Lipinski definition) is 4. The topological polar surface area (TPSA) is 52.3 Å². The maximum absolute atomic E-state index is 13.3. The summed E-state index contributed by atoms with van der Waals surface area (Å²) in [6.07, 6.45) is 3.72. The van der Waals surface area contributed by atoms with E-state index in [2.05, 4.69) is 29.0 Å². The largest absolute Gasteiger partial charge is 0.311 e. The molecule has 4 heterocycles. The Morgan fingerprint density at radius 2 is 1.90 bits per heavy atom. The molecule has 5 rings (SSSR count).